The predicted molar refractivity (Wildman–Crippen MR) is 216 cm³/mol. The van der Waals surface area contributed by atoms with E-state index in [0.717, 1.165) is 71.0 Å². The number of nitrogens with zero attached hydrogens (tertiary/aromatic N) is 4. The van der Waals surface area contributed by atoms with E-state index in [1.54, 1.807) is 0 Å². The zero-order chi connectivity index (χ0) is 39.9. The summed E-state index contributed by atoms with van der Waals surface area (Å²) in [6, 6.07) is 14.2. The summed E-state index contributed by atoms with van der Waals surface area (Å²) in [5.41, 5.74) is 5.65. The molecule has 14 heteroatoms. The topological polar surface area (TPSA) is 180 Å². The van der Waals surface area contributed by atoms with E-state index in [2.05, 4.69) is 79.8 Å². The van der Waals surface area contributed by atoms with Gasteiger partial charge < -0.3 is 41.0 Å². The Labute approximate surface area is 329 Å². The van der Waals surface area contributed by atoms with E-state index in [4.69, 9.17) is 9.97 Å². The van der Waals surface area contributed by atoms with Crippen molar-refractivity contribution in [2.45, 2.75) is 91.4 Å². The number of hydrogen-bond acceptors (Lipinski definition) is 6. The van der Waals surface area contributed by atoms with Gasteiger partial charge in [-0.1, -0.05) is 76.2 Å². The molecule has 2 aliphatic rings. The number of aromatic amines is 2. The quantitative estimate of drug-likeness (QED) is 0.0951. The molecule has 2 aliphatic heterocycles. The molecule has 4 atom stereocenters. The van der Waals surface area contributed by atoms with Crippen molar-refractivity contribution in [2.24, 2.45) is 11.8 Å². The molecule has 0 spiro atoms. The molecule has 0 bridgehead atoms. The third kappa shape index (κ3) is 8.90. The number of likely N-dealkylation sites (tertiary alicyclic amines) is 2. The monoisotopic (exact) mass is 764 g/mol. The number of rotatable bonds is 13. The molecule has 14 nitrogen and oxygen atoms in total. The average molecular weight is 765 g/mol. The molecule has 6 N–H and O–H groups in total. The third-order valence-corrected chi connectivity index (χ3v) is 10.7. The highest BCUT2D eigenvalue weighted by Crippen LogP contribution is 2.35. The zero-order valence-electron chi connectivity index (χ0n) is 33.3. The van der Waals surface area contributed by atoms with Crippen LogP contribution in [0.4, 0.5) is 9.59 Å². The van der Waals surface area contributed by atoms with Crippen LogP contribution in [0.3, 0.4) is 0 Å². The maximum atomic E-state index is 13.6. The van der Waals surface area contributed by atoms with Crippen LogP contribution >= 0.6 is 0 Å². The first-order valence-corrected chi connectivity index (χ1v) is 20.0. The fourth-order valence-electron chi connectivity index (χ4n) is 7.70. The van der Waals surface area contributed by atoms with Crippen LogP contribution in [-0.4, -0.2) is 91.9 Å². The Kier molecular flexibility index (Phi) is 12.8. The highest BCUT2D eigenvalue weighted by molar-refractivity contribution is 5.88. The number of hydrogen-bond donors (Lipinski definition) is 6. The Balaban J connectivity index is 1.10. The summed E-state index contributed by atoms with van der Waals surface area (Å²) >= 11 is 0. The fraction of sp³-hybridized carbons (Fsp3) is 0.476. The third-order valence-electron chi connectivity index (χ3n) is 10.7. The zero-order valence-corrected chi connectivity index (χ0v) is 33.3. The number of urea groups is 2. The summed E-state index contributed by atoms with van der Waals surface area (Å²) in [5, 5.41) is 11.2. The molecule has 56 heavy (non-hydrogen) atoms. The second kappa shape index (κ2) is 17.9. The highest BCUT2D eigenvalue weighted by Gasteiger charge is 2.38. The maximum absolute atomic E-state index is 13.6. The lowest BCUT2D eigenvalue weighted by Crippen LogP contribution is -2.53. The smallest absolute Gasteiger partial charge is 0.315 e. The molecule has 2 fully saturated rings. The van der Waals surface area contributed by atoms with Gasteiger partial charge in [-0.15, -0.1) is 0 Å². The molecule has 6 amide bonds. The summed E-state index contributed by atoms with van der Waals surface area (Å²) in [6.45, 7) is 13.7. The second-order valence-corrected chi connectivity index (χ2v) is 15.3. The molecule has 4 heterocycles. The van der Waals surface area contributed by atoms with Crippen molar-refractivity contribution < 1.29 is 19.2 Å². The number of H-pyrrole nitrogens is 2. The van der Waals surface area contributed by atoms with Crippen LogP contribution in [0.2, 0.25) is 0 Å². The van der Waals surface area contributed by atoms with E-state index in [1.165, 1.54) is 0 Å². The van der Waals surface area contributed by atoms with Gasteiger partial charge in [0.05, 0.1) is 23.5 Å². The summed E-state index contributed by atoms with van der Waals surface area (Å²) < 4.78 is 0. The Morgan fingerprint density at radius 1 is 0.625 bits per heavy atom. The van der Waals surface area contributed by atoms with E-state index < -0.39 is 12.1 Å². The van der Waals surface area contributed by atoms with E-state index in [-0.39, 0.29) is 47.8 Å². The fourth-order valence-corrected chi connectivity index (χ4v) is 7.70. The molecule has 2 aromatic heterocycles. The van der Waals surface area contributed by atoms with E-state index in [1.807, 2.05) is 63.7 Å². The van der Waals surface area contributed by atoms with Crippen molar-refractivity contribution in [1.29, 1.82) is 0 Å². The average Bonchev–Trinajstić information content (AvgIpc) is 4.02. The van der Waals surface area contributed by atoms with Crippen LogP contribution in [0.25, 0.3) is 33.6 Å². The molecular weight excluding hydrogens is 709 g/mol. The van der Waals surface area contributed by atoms with Crippen molar-refractivity contribution in [3.05, 3.63) is 72.6 Å². The molecule has 0 unspecified atom stereocenters. The van der Waals surface area contributed by atoms with Gasteiger partial charge in [-0.05, 0) is 62.5 Å². The highest BCUT2D eigenvalue weighted by atomic mass is 16.2. The molecule has 2 aromatic carbocycles. The minimum absolute atomic E-state index is 0.0627. The van der Waals surface area contributed by atoms with Gasteiger partial charge >= 0.3 is 12.1 Å². The van der Waals surface area contributed by atoms with Crippen LogP contribution in [0, 0.1) is 11.8 Å². The van der Waals surface area contributed by atoms with Gasteiger partial charge in [-0.3, -0.25) is 9.59 Å². The normalized spacial score (nSPS) is 17.9. The van der Waals surface area contributed by atoms with Crippen LogP contribution in [0.15, 0.2) is 60.9 Å². The van der Waals surface area contributed by atoms with E-state index >= 15 is 0 Å². The SMILES string of the molecule is CCNC(=O)N[C@H](C(=O)N1CCC[C@H]1c1nc(-c2ccc(-c3ccc(-c4c[nH]c([C@@H]5CCCN5C(=O)[C@@H](NC(=O)NCC)C(C)C)n4)cc3)cc2)c[nH]1)C(C)C. The minimum Gasteiger partial charge on any atom is -0.346 e. The van der Waals surface area contributed by atoms with Crippen molar-refractivity contribution in [3.63, 3.8) is 0 Å². The number of nitrogens with one attached hydrogen (secondary N) is 6. The summed E-state index contributed by atoms with van der Waals surface area (Å²) in [5.74, 6) is 1.18. The number of amides is 6. The van der Waals surface area contributed by atoms with Gasteiger partial charge in [0.2, 0.25) is 11.8 Å². The lowest BCUT2D eigenvalue weighted by Gasteiger charge is -2.30. The molecular formula is C42H56N10O4. The minimum atomic E-state index is -0.622. The van der Waals surface area contributed by atoms with E-state index in [0.29, 0.717) is 26.2 Å². The maximum Gasteiger partial charge on any atom is 0.315 e. The summed E-state index contributed by atoms with van der Waals surface area (Å²) in [4.78, 5) is 72.0. The number of aromatic nitrogens is 4. The van der Waals surface area contributed by atoms with Gasteiger partial charge in [-0.25, -0.2) is 19.6 Å². The molecule has 298 valence electrons. The van der Waals surface area contributed by atoms with Crippen LogP contribution < -0.4 is 21.3 Å². The Morgan fingerprint density at radius 3 is 1.32 bits per heavy atom. The molecule has 2 saturated heterocycles. The second-order valence-electron chi connectivity index (χ2n) is 15.3. The van der Waals surface area contributed by atoms with Gasteiger partial charge in [0.25, 0.3) is 0 Å². The van der Waals surface area contributed by atoms with E-state index in [9.17, 15) is 19.2 Å². The van der Waals surface area contributed by atoms with Crippen molar-refractivity contribution >= 4 is 23.9 Å². The number of carbonyl (C=O) groups excluding carboxylic acids is 4. The number of benzene rings is 2. The Morgan fingerprint density at radius 2 is 0.982 bits per heavy atom. The van der Waals surface area contributed by atoms with Crippen LogP contribution in [0.5, 0.6) is 0 Å². The van der Waals surface area contributed by atoms with Crippen molar-refractivity contribution in [2.75, 3.05) is 26.2 Å². The van der Waals surface area contributed by atoms with Gasteiger partial charge in [-0.2, -0.15) is 0 Å². The molecule has 0 aliphatic carbocycles. The lowest BCUT2D eigenvalue weighted by molar-refractivity contribution is -0.136. The van der Waals surface area contributed by atoms with Gasteiger partial charge in [0, 0.05) is 49.7 Å². The van der Waals surface area contributed by atoms with Gasteiger partial charge in [0.15, 0.2) is 0 Å². The van der Waals surface area contributed by atoms with Crippen LogP contribution in [0.1, 0.15) is 91.0 Å². The standard InChI is InChI=1S/C42H56N10O4/c1-7-43-41(55)49-35(25(3)4)39(53)51-21-9-11-33(51)37-45-23-31(47-37)29-17-13-27(14-18-29)28-15-19-30(20-16-28)32-24-46-38(48-32)34-12-10-22-52(34)40(54)36(26(5)6)50-42(56)44-8-2/h13-20,23-26,33-36H,7-12,21-22H2,1-6H3,(H,45,47)(H,46,48)(H2,43,49,55)(H2,44,50,56)/t33-,34-,35-,36-/m0/s1. The largest absolute Gasteiger partial charge is 0.346 e. The molecule has 4 aromatic rings. The molecule has 6 rings (SSSR count). The summed E-state index contributed by atoms with van der Waals surface area (Å²) in [6.07, 6.45) is 7.11. The van der Waals surface area contributed by atoms with Crippen molar-refractivity contribution in [3.8, 4) is 33.6 Å². The number of imidazole rings is 2. The number of carbonyl (C=O) groups is 4. The first-order chi connectivity index (χ1) is 27.0. The van der Waals surface area contributed by atoms with Crippen molar-refractivity contribution in [1.82, 2.24) is 51.0 Å². The first kappa shape index (κ1) is 40.0. The predicted octanol–water partition coefficient (Wildman–Crippen LogP) is 6.15. The molecule has 0 radical (unpaired) electrons. The summed E-state index contributed by atoms with van der Waals surface area (Å²) in [7, 11) is 0. The Bertz CT molecular complexity index is 1830. The Hall–Kier alpha value is -5.66. The lowest BCUT2D eigenvalue weighted by atomic mass is 10.0. The van der Waals surface area contributed by atoms with Gasteiger partial charge in [0.1, 0.15) is 23.7 Å². The molecule has 0 saturated carbocycles. The van der Waals surface area contributed by atoms with Crippen LogP contribution in [-0.2, 0) is 9.59 Å². The first-order valence-electron chi connectivity index (χ1n) is 20.0.